The molecule has 3 aromatic rings. The molecular formula is C25H27FN4O2. The molecule has 0 spiro atoms. The molecule has 6 nitrogen and oxygen atoms in total. The van der Waals surface area contributed by atoms with Crippen molar-refractivity contribution < 1.29 is 13.9 Å². The zero-order chi connectivity index (χ0) is 23.1. The lowest BCUT2D eigenvalue weighted by molar-refractivity contribution is -0.162. The number of rotatable bonds is 4. The van der Waals surface area contributed by atoms with Crippen molar-refractivity contribution in [1.29, 1.82) is 5.26 Å². The van der Waals surface area contributed by atoms with Gasteiger partial charge in [-0.2, -0.15) is 5.26 Å². The zero-order valence-electron chi connectivity index (χ0n) is 19.0. The lowest BCUT2D eigenvalue weighted by Gasteiger charge is -2.45. The molecule has 1 fully saturated rings. The van der Waals surface area contributed by atoms with Crippen LogP contribution in [0.5, 0.6) is 5.88 Å². The number of imidazole rings is 1. The predicted molar refractivity (Wildman–Crippen MR) is 119 cm³/mol. The number of aromatic nitrogens is 3. The first kappa shape index (κ1) is 22.0. The average Bonchev–Trinajstić information content (AvgIpc) is 3.16. The van der Waals surface area contributed by atoms with Crippen molar-refractivity contribution in [3.63, 3.8) is 0 Å². The van der Waals surface area contributed by atoms with Crippen LogP contribution in [0.4, 0.5) is 4.39 Å². The molecule has 2 aromatic heterocycles. The second-order valence-electron chi connectivity index (χ2n) is 9.42. The highest BCUT2D eigenvalue weighted by atomic mass is 19.1. The molecule has 32 heavy (non-hydrogen) atoms. The smallest absolute Gasteiger partial charge is 0.224 e. The van der Waals surface area contributed by atoms with Crippen LogP contribution in [-0.2, 0) is 4.74 Å². The molecule has 0 unspecified atom stereocenters. The van der Waals surface area contributed by atoms with E-state index >= 15 is 4.39 Å². The minimum Gasteiger partial charge on any atom is -0.480 e. The van der Waals surface area contributed by atoms with Crippen LogP contribution in [0.2, 0.25) is 0 Å². The highest BCUT2D eigenvalue weighted by Crippen LogP contribution is 2.44. The summed E-state index contributed by atoms with van der Waals surface area (Å²) in [6.07, 6.45) is 5.12. The monoisotopic (exact) mass is 434 g/mol. The Labute approximate surface area is 187 Å². The zero-order valence-corrected chi connectivity index (χ0v) is 19.0. The van der Waals surface area contributed by atoms with Crippen LogP contribution in [-0.4, -0.2) is 32.8 Å². The number of methoxy groups -OCH3 is 1. The lowest BCUT2D eigenvalue weighted by atomic mass is 9.79. The second-order valence-corrected chi connectivity index (χ2v) is 9.42. The molecule has 1 aromatic carbocycles. The van der Waals surface area contributed by atoms with Crippen molar-refractivity contribution in [2.75, 3.05) is 7.11 Å². The van der Waals surface area contributed by atoms with E-state index in [9.17, 15) is 0 Å². The van der Waals surface area contributed by atoms with Gasteiger partial charge < -0.3 is 9.47 Å². The van der Waals surface area contributed by atoms with Gasteiger partial charge in [-0.3, -0.25) is 4.57 Å². The third kappa shape index (κ3) is 4.23. The van der Waals surface area contributed by atoms with Crippen molar-refractivity contribution in [3.8, 4) is 29.0 Å². The van der Waals surface area contributed by atoms with E-state index in [1.54, 1.807) is 36.1 Å². The van der Waals surface area contributed by atoms with E-state index in [-0.39, 0.29) is 22.7 Å². The molecule has 4 rings (SSSR count). The highest BCUT2D eigenvalue weighted by molar-refractivity contribution is 5.65. The fraction of sp³-hybridized carbons (Fsp3) is 0.400. The Morgan fingerprint density at radius 1 is 1.19 bits per heavy atom. The average molecular weight is 435 g/mol. The number of ether oxygens (including phenoxy) is 2. The summed E-state index contributed by atoms with van der Waals surface area (Å²) in [6.45, 7) is 8.35. The minimum absolute atomic E-state index is 0.137. The van der Waals surface area contributed by atoms with Crippen LogP contribution in [0, 0.1) is 17.1 Å². The van der Waals surface area contributed by atoms with Crippen LogP contribution in [0.1, 0.15) is 57.7 Å². The van der Waals surface area contributed by atoms with Crippen LogP contribution >= 0.6 is 0 Å². The fourth-order valence-electron chi connectivity index (χ4n) is 4.76. The Morgan fingerprint density at radius 2 is 1.91 bits per heavy atom. The Bertz CT molecular complexity index is 1180. The van der Waals surface area contributed by atoms with Gasteiger partial charge in [-0.15, -0.1) is 0 Å². The van der Waals surface area contributed by atoms with E-state index in [2.05, 4.69) is 32.7 Å². The topological polar surface area (TPSA) is 73.0 Å². The molecule has 1 aliphatic rings. The number of pyridine rings is 1. The van der Waals surface area contributed by atoms with Gasteiger partial charge in [0.2, 0.25) is 5.88 Å². The van der Waals surface area contributed by atoms with Gasteiger partial charge in [-0.1, -0.05) is 0 Å². The van der Waals surface area contributed by atoms with Gasteiger partial charge in [0.25, 0.3) is 0 Å². The van der Waals surface area contributed by atoms with Crippen LogP contribution in [0.25, 0.3) is 17.1 Å². The van der Waals surface area contributed by atoms with Gasteiger partial charge in [-0.25, -0.2) is 14.4 Å². The molecule has 0 aliphatic carbocycles. The maximum Gasteiger partial charge on any atom is 0.224 e. The van der Waals surface area contributed by atoms with E-state index < -0.39 is 5.82 Å². The normalized spacial score (nSPS) is 17.7. The number of nitriles is 1. The van der Waals surface area contributed by atoms with Crippen molar-refractivity contribution in [2.45, 2.75) is 57.7 Å². The predicted octanol–water partition coefficient (Wildman–Crippen LogP) is 5.40. The molecule has 1 saturated heterocycles. The molecule has 0 saturated carbocycles. The van der Waals surface area contributed by atoms with Crippen molar-refractivity contribution >= 4 is 0 Å². The molecule has 0 N–H and O–H groups in total. The first-order chi connectivity index (χ1) is 15.1. The molecule has 0 atom stereocenters. The summed E-state index contributed by atoms with van der Waals surface area (Å²) < 4.78 is 28.5. The van der Waals surface area contributed by atoms with Gasteiger partial charge in [0.05, 0.1) is 46.9 Å². The van der Waals surface area contributed by atoms with E-state index in [0.717, 1.165) is 18.5 Å². The molecule has 1 aliphatic heterocycles. The van der Waals surface area contributed by atoms with Crippen molar-refractivity contribution in [1.82, 2.24) is 14.5 Å². The number of nitrogens with zero attached hydrogens (tertiary/aromatic N) is 4. The molecule has 0 radical (unpaired) electrons. The first-order valence-corrected chi connectivity index (χ1v) is 10.6. The maximum atomic E-state index is 15.0. The maximum absolute atomic E-state index is 15.0. The van der Waals surface area contributed by atoms with Gasteiger partial charge in [0.15, 0.2) is 0 Å². The Morgan fingerprint density at radius 3 is 2.53 bits per heavy atom. The molecule has 3 heterocycles. The largest absolute Gasteiger partial charge is 0.480 e. The quantitative estimate of drug-likeness (QED) is 0.549. The van der Waals surface area contributed by atoms with Gasteiger partial charge in [-0.05, 0) is 70.9 Å². The third-order valence-electron chi connectivity index (χ3n) is 5.71. The van der Waals surface area contributed by atoms with Crippen molar-refractivity contribution in [2.24, 2.45) is 0 Å². The Kier molecular flexibility index (Phi) is 5.51. The molecule has 0 bridgehead atoms. The Balaban J connectivity index is 1.89. The molecule has 7 heteroatoms. The van der Waals surface area contributed by atoms with E-state index in [1.165, 1.54) is 6.07 Å². The van der Waals surface area contributed by atoms with Crippen LogP contribution < -0.4 is 4.74 Å². The number of halogens is 1. The van der Waals surface area contributed by atoms with E-state index in [1.807, 2.05) is 18.3 Å². The standard InChI is InChI=1S/C25H27FN4O2/c1-24(2)12-17(13-25(3,4)32-24)20-15-30(21-9-8-16(14-27)11-19(21)26)22(29-20)18-7-6-10-28-23(18)31-5/h6-11,15,17H,12-13H2,1-5H3. The fourth-order valence-corrected chi connectivity index (χ4v) is 4.76. The SMILES string of the molecule is COc1ncccc1-c1nc(C2CC(C)(C)OC(C)(C)C2)cn1-c1ccc(C#N)cc1F. The summed E-state index contributed by atoms with van der Waals surface area (Å²) in [4.78, 5) is 9.25. The number of hydrogen-bond donors (Lipinski definition) is 0. The van der Waals surface area contributed by atoms with E-state index in [0.29, 0.717) is 23.0 Å². The summed E-state index contributed by atoms with van der Waals surface area (Å²) in [6, 6.07) is 10.1. The second kappa shape index (κ2) is 8.03. The molecular weight excluding hydrogens is 407 g/mol. The summed E-state index contributed by atoms with van der Waals surface area (Å²) in [7, 11) is 1.55. The van der Waals surface area contributed by atoms with Gasteiger partial charge >= 0.3 is 0 Å². The summed E-state index contributed by atoms with van der Waals surface area (Å²) in [5, 5.41) is 9.12. The number of hydrogen-bond acceptors (Lipinski definition) is 5. The van der Waals surface area contributed by atoms with Gasteiger partial charge in [0.1, 0.15) is 11.6 Å². The third-order valence-corrected chi connectivity index (χ3v) is 5.71. The number of benzene rings is 1. The summed E-state index contributed by atoms with van der Waals surface area (Å²) in [5.74, 6) is 0.589. The highest BCUT2D eigenvalue weighted by Gasteiger charge is 2.41. The van der Waals surface area contributed by atoms with Gasteiger partial charge in [0, 0.05) is 18.3 Å². The van der Waals surface area contributed by atoms with E-state index in [4.69, 9.17) is 19.7 Å². The molecule has 0 amide bonds. The molecule has 166 valence electrons. The lowest BCUT2D eigenvalue weighted by Crippen LogP contribution is -2.44. The van der Waals surface area contributed by atoms with Crippen LogP contribution in [0.3, 0.4) is 0 Å². The van der Waals surface area contributed by atoms with Crippen molar-refractivity contribution in [3.05, 3.63) is 59.8 Å². The Hall–Kier alpha value is -3.24. The minimum atomic E-state index is -0.496. The first-order valence-electron chi connectivity index (χ1n) is 10.6. The summed E-state index contributed by atoms with van der Waals surface area (Å²) >= 11 is 0. The van der Waals surface area contributed by atoms with Crippen LogP contribution in [0.15, 0.2) is 42.7 Å². The summed E-state index contributed by atoms with van der Waals surface area (Å²) in [5.41, 5.74) is 1.49.